The van der Waals surface area contributed by atoms with Crippen LogP contribution in [0.3, 0.4) is 0 Å². The Bertz CT molecular complexity index is 643. The summed E-state index contributed by atoms with van der Waals surface area (Å²) in [6, 6.07) is 4.12. The molecular formula is C22H37N3O5. The van der Waals surface area contributed by atoms with Crippen molar-refractivity contribution < 1.29 is 24.5 Å². The maximum atomic E-state index is 12.1. The lowest BCUT2D eigenvalue weighted by Gasteiger charge is -2.53. The van der Waals surface area contributed by atoms with E-state index < -0.39 is 17.2 Å². The van der Waals surface area contributed by atoms with Gasteiger partial charge in [0.2, 0.25) is 5.91 Å². The van der Waals surface area contributed by atoms with Crippen LogP contribution in [0, 0.1) is 0 Å². The molecule has 3 heterocycles. The fourth-order valence-corrected chi connectivity index (χ4v) is 4.57. The first-order chi connectivity index (χ1) is 14.4. The minimum Gasteiger partial charge on any atom is -0.483 e. The fourth-order valence-electron chi connectivity index (χ4n) is 4.57. The highest BCUT2D eigenvalue weighted by Gasteiger charge is 2.53. The van der Waals surface area contributed by atoms with Crippen LogP contribution in [0.1, 0.15) is 52.4 Å². The molecule has 1 aromatic rings. The molecule has 0 bridgehead atoms. The summed E-state index contributed by atoms with van der Waals surface area (Å²) in [4.78, 5) is 23.0. The van der Waals surface area contributed by atoms with Crippen LogP contribution in [0.4, 0.5) is 0 Å². The maximum absolute atomic E-state index is 12.1. The number of amides is 1. The first-order valence-corrected chi connectivity index (χ1v) is 10.9. The first-order valence-electron chi connectivity index (χ1n) is 10.9. The number of rotatable bonds is 7. The molecule has 2 atom stereocenters. The lowest BCUT2D eigenvalue weighted by atomic mass is 9.73. The van der Waals surface area contributed by atoms with E-state index in [1.165, 1.54) is 0 Å². The summed E-state index contributed by atoms with van der Waals surface area (Å²) in [5.41, 5.74) is -1.12. The third-order valence-electron chi connectivity index (χ3n) is 6.27. The Kier molecular flexibility index (Phi) is 9.33. The standard InChI is InChI=1S/C21H35N3O3.CH2O2/c1-3-7-18(25)22-20(2)10-17-27-21(19(20)26)8-15-24(16-9-21)14-6-13-23-11-4-5-12-23;2-1-3/h4-5,11-12,19,26H,3,6-10,13-17H2,1-2H3,(H,22,25);1H,(H,2,3)/t19-,20+;/m0./s1. The average Bonchev–Trinajstić information content (AvgIpc) is 3.22. The molecule has 2 aliphatic rings. The molecule has 0 unspecified atom stereocenters. The van der Waals surface area contributed by atoms with Crippen LogP contribution in [0.2, 0.25) is 0 Å². The number of ether oxygens (including phenoxy) is 1. The molecule has 2 aliphatic heterocycles. The minimum atomic E-state index is -0.665. The Morgan fingerprint density at radius 1 is 1.23 bits per heavy atom. The third kappa shape index (κ3) is 6.30. The Morgan fingerprint density at radius 3 is 2.47 bits per heavy atom. The van der Waals surface area contributed by atoms with E-state index in [2.05, 4.69) is 39.3 Å². The van der Waals surface area contributed by atoms with Crippen molar-refractivity contribution in [3.05, 3.63) is 24.5 Å². The summed E-state index contributed by atoms with van der Waals surface area (Å²) in [5, 5.41) is 21.1. The van der Waals surface area contributed by atoms with E-state index in [0.717, 1.165) is 51.9 Å². The Balaban J connectivity index is 0.00000101. The van der Waals surface area contributed by atoms with Crippen LogP contribution >= 0.6 is 0 Å². The minimum absolute atomic E-state index is 0.0264. The molecule has 0 aromatic carbocycles. The number of hydrogen-bond acceptors (Lipinski definition) is 5. The number of carbonyl (C=O) groups is 2. The molecule has 1 amide bonds. The first kappa shape index (κ1) is 24.4. The van der Waals surface area contributed by atoms with Crippen molar-refractivity contribution in [2.75, 3.05) is 26.2 Å². The zero-order valence-electron chi connectivity index (χ0n) is 18.3. The molecule has 30 heavy (non-hydrogen) atoms. The van der Waals surface area contributed by atoms with Gasteiger partial charge in [0.15, 0.2) is 0 Å². The lowest BCUT2D eigenvalue weighted by Crippen LogP contribution is -2.69. The van der Waals surface area contributed by atoms with Crippen molar-refractivity contribution in [3.8, 4) is 0 Å². The number of likely N-dealkylation sites (tertiary alicyclic amines) is 1. The summed E-state index contributed by atoms with van der Waals surface area (Å²) < 4.78 is 8.35. The third-order valence-corrected chi connectivity index (χ3v) is 6.27. The fraction of sp³-hybridized carbons (Fsp3) is 0.727. The predicted octanol–water partition coefficient (Wildman–Crippen LogP) is 1.87. The van der Waals surface area contributed by atoms with Crippen LogP contribution in [-0.2, 0) is 20.9 Å². The van der Waals surface area contributed by atoms with Crippen LogP contribution in [0.5, 0.6) is 0 Å². The van der Waals surface area contributed by atoms with E-state index >= 15 is 0 Å². The van der Waals surface area contributed by atoms with Gasteiger partial charge in [-0.05, 0) is 57.7 Å². The van der Waals surface area contributed by atoms with Crippen LogP contribution in [0.25, 0.3) is 0 Å². The summed E-state index contributed by atoms with van der Waals surface area (Å²) in [5.74, 6) is 0.0264. The number of aliphatic hydroxyl groups is 1. The molecule has 8 heteroatoms. The molecule has 2 saturated heterocycles. The summed E-state index contributed by atoms with van der Waals surface area (Å²) >= 11 is 0. The molecule has 170 valence electrons. The number of aromatic nitrogens is 1. The van der Waals surface area contributed by atoms with Gasteiger partial charge in [-0.25, -0.2) is 0 Å². The number of piperidine rings is 1. The van der Waals surface area contributed by atoms with Crippen molar-refractivity contribution in [1.29, 1.82) is 0 Å². The number of carbonyl (C=O) groups excluding carboxylic acids is 1. The van der Waals surface area contributed by atoms with Gasteiger partial charge in [0.1, 0.15) is 6.10 Å². The highest BCUT2D eigenvalue weighted by Crippen LogP contribution is 2.40. The second kappa shape index (κ2) is 11.5. The molecule has 8 nitrogen and oxygen atoms in total. The Labute approximate surface area is 179 Å². The monoisotopic (exact) mass is 423 g/mol. The molecule has 1 aromatic heterocycles. The van der Waals surface area contributed by atoms with Gasteiger partial charge >= 0.3 is 0 Å². The SMILES string of the molecule is CCCC(=O)N[C@]1(C)CCOC2(CCN(CCCn3cccc3)CC2)[C@H]1O.O=CO. The van der Waals surface area contributed by atoms with E-state index in [4.69, 9.17) is 14.6 Å². The van der Waals surface area contributed by atoms with E-state index in [-0.39, 0.29) is 12.4 Å². The van der Waals surface area contributed by atoms with Gasteiger partial charge in [-0.15, -0.1) is 0 Å². The zero-order chi connectivity index (χ0) is 22.0. The molecule has 2 fully saturated rings. The molecule has 3 N–H and O–H groups in total. The molecule has 0 saturated carbocycles. The van der Waals surface area contributed by atoms with Crippen molar-refractivity contribution >= 4 is 12.4 Å². The van der Waals surface area contributed by atoms with Crippen LogP contribution < -0.4 is 5.32 Å². The Morgan fingerprint density at radius 2 is 1.87 bits per heavy atom. The smallest absolute Gasteiger partial charge is 0.290 e. The van der Waals surface area contributed by atoms with Crippen molar-refractivity contribution in [2.24, 2.45) is 0 Å². The van der Waals surface area contributed by atoms with Crippen LogP contribution in [0.15, 0.2) is 24.5 Å². The van der Waals surface area contributed by atoms with Gasteiger partial charge in [0.25, 0.3) is 6.47 Å². The summed E-state index contributed by atoms with van der Waals surface area (Å²) in [6.07, 6.45) is 8.27. The second-order valence-corrected chi connectivity index (χ2v) is 8.50. The normalized spacial score (nSPS) is 25.9. The van der Waals surface area contributed by atoms with E-state index in [1.54, 1.807) is 0 Å². The molecule has 0 aliphatic carbocycles. The summed E-state index contributed by atoms with van der Waals surface area (Å²) in [6.45, 7) is 8.27. The van der Waals surface area contributed by atoms with Crippen molar-refractivity contribution in [3.63, 3.8) is 0 Å². The molecule has 0 radical (unpaired) electrons. The number of nitrogens with zero attached hydrogens (tertiary/aromatic N) is 2. The lowest BCUT2D eigenvalue weighted by molar-refractivity contribution is -0.207. The molecule has 3 rings (SSSR count). The molecule has 1 spiro atoms. The average molecular weight is 424 g/mol. The van der Waals surface area contributed by atoms with Gasteiger partial charge in [-0.2, -0.15) is 0 Å². The van der Waals surface area contributed by atoms with Crippen molar-refractivity contribution in [2.45, 2.75) is 76.2 Å². The number of hydrogen-bond donors (Lipinski definition) is 3. The maximum Gasteiger partial charge on any atom is 0.290 e. The topological polar surface area (TPSA) is 104 Å². The second-order valence-electron chi connectivity index (χ2n) is 8.50. The quantitative estimate of drug-likeness (QED) is 0.579. The largest absolute Gasteiger partial charge is 0.483 e. The van der Waals surface area contributed by atoms with Gasteiger partial charge < -0.3 is 29.7 Å². The van der Waals surface area contributed by atoms with Gasteiger partial charge in [0.05, 0.1) is 11.1 Å². The van der Waals surface area contributed by atoms with Crippen LogP contribution in [-0.4, -0.2) is 75.5 Å². The number of aryl methyl sites for hydroxylation is 1. The van der Waals surface area contributed by atoms with Gasteiger partial charge in [-0.1, -0.05) is 6.92 Å². The highest BCUT2D eigenvalue weighted by atomic mass is 16.5. The number of aliphatic hydroxyl groups excluding tert-OH is 1. The predicted molar refractivity (Wildman–Crippen MR) is 114 cm³/mol. The zero-order valence-corrected chi connectivity index (χ0v) is 18.3. The highest BCUT2D eigenvalue weighted by molar-refractivity contribution is 5.76. The number of carboxylic acid groups (broad SMARTS) is 1. The van der Waals surface area contributed by atoms with Gasteiger partial charge in [-0.3, -0.25) is 9.59 Å². The Hall–Kier alpha value is -1.90. The van der Waals surface area contributed by atoms with Crippen molar-refractivity contribution in [1.82, 2.24) is 14.8 Å². The van der Waals surface area contributed by atoms with E-state index in [0.29, 0.717) is 19.4 Å². The molecular weight excluding hydrogens is 386 g/mol. The number of nitrogens with one attached hydrogen (secondary N) is 1. The van der Waals surface area contributed by atoms with E-state index in [9.17, 15) is 9.90 Å². The van der Waals surface area contributed by atoms with E-state index in [1.807, 2.05) is 13.8 Å². The van der Waals surface area contributed by atoms with Gasteiger partial charge in [0, 0.05) is 45.1 Å². The summed E-state index contributed by atoms with van der Waals surface area (Å²) in [7, 11) is 0.